The maximum absolute atomic E-state index is 12.1. The number of hydrogen-bond acceptors (Lipinski definition) is 5. The second-order valence-corrected chi connectivity index (χ2v) is 6.11. The summed E-state index contributed by atoms with van der Waals surface area (Å²) in [7, 11) is 1.79. The van der Waals surface area contributed by atoms with Crippen molar-refractivity contribution < 1.29 is 4.79 Å². The predicted octanol–water partition coefficient (Wildman–Crippen LogP) is 2.11. The lowest BCUT2D eigenvalue weighted by molar-refractivity contribution is -0.130. The second-order valence-electron chi connectivity index (χ2n) is 4.68. The van der Waals surface area contributed by atoms with E-state index in [1.165, 1.54) is 0 Å². The van der Waals surface area contributed by atoms with Crippen LogP contribution < -0.4 is 0 Å². The Hall–Kier alpha value is -1.47. The van der Waals surface area contributed by atoms with Crippen molar-refractivity contribution in [2.24, 2.45) is 0 Å². The highest BCUT2D eigenvalue weighted by Gasteiger charge is 2.16. The summed E-state index contributed by atoms with van der Waals surface area (Å²) in [5.74, 6) is 0.776. The molecule has 0 aromatic carbocycles. The molecule has 0 aliphatic heterocycles. The Bertz CT molecular complexity index is 556. The van der Waals surface area contributed by atoms with Crippen LogP contribution >= 0.6 is 22.9 Å². The average molecular weight is 314 g/mol. The fourth-order valence-electron chi connectivity index (χ4n) is 1.88. The van der Waals surface area contributed by atoms with Gasteiger partial charge in [0.15, 0.2) is 5.82 Å². The molecule has 2 heterocycles. The zero-order valence-electron chi connectivity index (χ0n) is 11.3. The number of aromatic amines is 1. The standard InChI is InChI=1S/C12H16ClN5OS/c1-8(12-14-16-17-15-12)6-18(2)11(19)4-3-10-5-9(13)7-20-10/h5,7-8H,3-4,6H2,1-2H3,(H,14,15,16,17). The molecule has 0 fully saturated rings. The summed E-state index contributed by atoms with van der Waals surface area (Å²) in [6, 6.07) is 1.90. The number of tetrazole rings is 1. The van der Waals surface area contributed by atoms with E-state index in [1.807, 2.05) is 18.4 Å². The van der Waals surface area contributed by atoms with Crippen LogP contribution in [-0.4, -0.2) is 45.0 Å². The minimum Gasteiger partial charge on any atom is -0.345 e. The van der Waals surface area contributed by atoms with Crippen molar-refractivity contribution in [1.82, 2.24) is 25.5 Å². The molecule has 2 rings (SSSR count). The predicted molar refractivity (Wildman–Crippen MR) is 77.9 cm³/mol. The number of likely N-dealkylation sites (N-methyl/N-ethyl adjacent to an activating group) is 1. The molecule has 20 heavy (non-hydrogen) atoms. The summed E-state index contributed by atoms with van der Waals surface area (Å²) >= 11 is 7.44. The maximum atomic E-state index is 12.1. The van der Waals surface area contributed by atoms with E-state index in [1.54, 1.807) is 23.3 Å². The SMILES string of the molecule is CC(CN(C)C(=O)CCc1cc(Cl)cs1)c1nn[nH]n1. The van der Waals surface area contributed by atoms with Gasteiger partial charge in [-0.25, -0.2) is 0 Å². The van der Waals surface area contributed by atoms with E-state index in [2.05, 4.69) is 20.6 Å². The average Bonchev–Trinajstić information content (AvgIpc) is 3.06. The van der Waals surface area contributed by atoms with Gasteiger partial charge in [0.1, 0.15) is 0 Å². The molecule has 6 nitrogen and oxygen atoms in total. The van der Waals surface area contributed by atoms with Crippen molar-refractivity contribution in [1.29, 1.82) is 0 Å². The van der Waals surface area contributed by atoms with E-state index in [4.69, 9.17) is 11.6 Å². The number of H-pyrrole nitrogens is 1. The number of amides is 1. The van der Waals surface area contributed by atoms with Crippen LogP contribution in [0, 0.1) is 0 Å². The molecule has 1 atom stereocenters. The van der Waals surface area contributed by atoms with Crippen LogP contribution in [0.3, 0.4) is 0 Å². The van der Waals surface area contributed by atoms with Crippen molar-refractivity contribution in [2.75, 3.05) is 13.6 Å². The fraction of sp³-hybridized carbons (Fsp3) is 0.500. The van der Waals surface area contributed by atoms with Crippen LogP contribution in [0.1, 0.15) is 30.0 Å². The van der Waals surface area contributed by atoms with Crippen molar-refractivity contribution in [3.05, 3.63) is 27.2 Å². The van der Waals surface area contributed by atoms with E-state index in [0.29, 0.717) is 18.8 Å². The molecule has 2 aromatic heterocycles. The molecule has 1 amide bonds. The van der Waals surface area contributed by atoms with E-state index >= 15 is 0 Å². The molecule has 0 bridgehead atoms. The largest absolute Gasteiger partial charge is 0.345 e. The van der Waals surface area contributed by atoms with Gasteiger partial charge in [-0.2, -0.15) is 5.21 Å². The van der Waals surface area contributed by atoms with Gasteiger partial charge in [-0.1, -0.05) is 23.7 Å². The minimum absolute atomic E-state index is 0.0545. The molecule has 108 valence electrons. The van der Waals surface area contributed by atoms with Crippen LogP contribution in [0.15, 0.2) is 11.4 Å². The number of rotatable bonds is 6. The zero-order valence-corrected chi connectivity index (χ0v) is 12.9. The number of carbonyl (C=O) groups excluding carboxylic acids is 1. The zero-order chi connectivity index (χ0) is 14.5. The van der Waals surface area contributed by atoms with Gasteiger partial charge in [0, 0.05) is 36.2 Å². The third kappa shape index (κ3) is 4.01. The number of thiophene rings is 1. The number of halogens is 1. The molecular weight excluding hydrogens is 298 g/mol. The Morgan fingerprint density at radius 3 is 3.00 bits per heavy atom. The topological polar surface area (TPSA) is 74.8 Å². The fourth-order valence-corrected chi connectivity index (χ4v) is 2.96. The number of carbonyl (C=O) groups is 1. The first kappa shape index (κ1) is 14.9. The summed E-state index contributed by atoms with van der Waals surface area (Å²) in [6.07, 6.45) is 1.20. The number of nitrogens with one attached hydrogen (secondary N) is 1. The molecule has 0 saturated carbocycles. The van der Waals surface area contributed by atoms with Crippen LogP contribution in [0.2, 0.25) is 5.02 Å². The third-order valence-electron chi connectivity index (χ3n) is 2.98. The molecule has 0 aliphatic carbocycles. The Kier molecular flexibility index (Phi) is 5.08. The Morgan fingerprint density at radius 1 is 1.60 bits per heavy atom. The van der Waals surface area contributed by atoms with E-state index in [-0.39, 0.29) is 11.8 Å². The summed E-state index contributed by atoms with van der Waals surface area (Å²) in [5, 5.41) is 16.4. The lowest BCUT2D eigenvalue weighted by Crippen LogP contribution is -2.30. The van der Waals surface area contributed by atoms with E-state index < -0.39 is 0 Å². The molecular formula is C12H16ClN5OS. The molecule has 1 N–H and O–H groups in total. The molecule has 8 heteroatoms. The maximum Gasteiger partial charge on any atom is 0.222 e. The summed E-state index contributed by atoms with van der Waals surface area (Å²) in [4.78, 5) is 14.9. The van der Waals surface area contributed by atoms with Gasteiger partial charge in [0.05, 0.1) is 5.02 Å². The van der Waals surface area contributed by atoms with Crippen LogP contribution in [0.4, 0.5) is 0 Å². The van der Waals surface area contributed by atoms with E-state index in [9.17, 15) is 4.79 Å². The van der Waals surface area contributed by atoms with Crippen LogP contribution in [0.25, 0.3) is 0 Å². The number of aryl methyl sites for hydroxylation is 1. The van der Waals surface area contributed by atoms with E-state index in [0.717, 1.165) is 16.3 Å². The van der Waals surface area contributed by atoms with Crippen LogP contribution in [0.5, 0.6) is 0 Å². The summed E-state index contributed by atoms with van der Waals surface area (Å²) < 4.78 is 0. The molecule has 0 saturated heterocycles. The first-order valence-corrected chi connectivity index (χ1v) is 7.52. The second kappa shape index (κ2) is 6.81. The summed E-state index contributed by atoms with van der Waals surface area (Å²) in [6.45, 7) is 2.54. The van der Waals surface area contributed by atoms with Crippen LogP contribution in [-0.2, 0) is 11.2 Å². The number of hydrogen-bond donors (Lipinski definition) is 1. The number of aromatic nitrogens is 4. The first-order valence-electron chi connectivity index (χ1n) is 6.26. The molecule has 0 aliphatic rings. The van der Waals surface area contributed by atoms with Gasteiger partial charge in [-0.3, -0.25) is 4.79 Å². The highest BCUT2D eigenvalue weighted by molar-refractivity contribution is 7.10. The van der Waals surface area contributed by atoms with Crippen molar-refractivity contribution in [3.63, 3.8) is 0 Å². The quantitative estimate of drug-likeness (QED) is 0.886. The summed E-state index contributed by atoms with van der Waals surface area (Å²) in [5.41, 5.74) is 0. The molecule has 0 spiro atoms. The third-order valence-corrected chi connectivity index (χ3v) is 4.33. The van der Waals surface area contributed by atoms with Gasteiger partial charge in [-0.05, 0) is 12.5 Å². The monoisotopic (exact) mass is 313 g/mol. The molecule has 2 aromatic rings. The Labute approximate surface area is 126 Å². The van der Waals surface area contributed by atoms with Gasteiger partial charge < -0.3 is 4.90 Å². The normalized spacial score (nSPS) is 12.3. The molecule has 1 unspecified atom stereocenters. The minimum atomic E-state index is 0.0545. The van der Waals surface area contributed by atoms with Gasteiger partial charge in [-0.15, -0.1) is 21.5 Å². The Balaban J connectivity index is 1.80. The van der Waals surface area contributed by atoms with Gasteiger partial charge in [0.2, 0.25) is 5.91 Å². The molecule has 0 radical (unpaired) electrons. The van der Waals surface area contributed by atoms with Crippen molar-refractivity contribution in [3.8, 4) is 0 Å². The highest BCUT2D eigenvalue weighted by Crippen LogP contribution is 2.20. The smallest absolute Gasteiger partial charge is 0.222 e. The number of nitrogens with zero attached hydrogens (tertiary/aromatic N) is 4. The Morgan fingerprint density at radius 2 is 2.40 bits per heavy atom. The van der Waals surface area contributed by atoms with Gasteiger partial charge in [0.25, 0.3) is 0 Å². The van der Waals surface area contributed by atoms with Gasteiger partial charge >= 0.3 is 0 Å². The lowest BCUT2D eigenvalue weighted by atomic mass is 10.1. The van der Waals surface area contributed by atoms with Crippen molar-refractivity contribution in [2.45, 2.75) is 25.7 Å². The highest BCUT2D eigenvalue weighted by atomic mass is 35.5. The first-order chi connectivity index (χ1) is 9.56. The van der Waals surface area contributed by atoms with Crippen molar-refractivity contribution >= 4 is 28.8 Å². The lowest BCUT2D eigenvalue weighted by Gasteiger charge is -2.19.